The summed E-state index contributed by atoms with van der Waals surface area (Å²) in [6, 6.07) is 3.79. The Kier molecular flexibility index (Phi) is 6.75. The summed E-state index contributed by atoms with van der Waals surface area (Å²) < 4.78 is 24.2. The number of hydrogen-bond donors (Lipinski definition) is 3. The van der Waals surface area contributed by atoms with Crippen molar-refractivity contribution in [3.63, 3.8) is 0 Å². The molecule has 1 aromatic rings. The van der Waals surface area contributed by atoms with E-state index in [1.807, 2.05) is 0 Å². The molecule has 1 rings (SSSR count). The van der Waals surface area contributed by atoms with Crippen LogP contribution in [0.5, 0.6) is 0 Å². The van der Waals surface area contributed by atoms with Gasteiger partial charge in [-0.05, 0) is 52.8 Å². The van der Waals surface area contributed by atoms with E-state index in [0.717, 1.165) is 6.07 Å². The number of halogens is 1. The first-order valence-electron chi connectivity index (χ1n) is 7.86. The van der Waals surface area contributed by atoms with Crippen LogP contribution in [0.2, 0.25) is 0 Å². The molecule has 0 aliphatic carbocycles. The molecule has 140 valence electrons. The maximum Gasteiger partial charge on any atom is 0.411 e. The zero-order valence-electron chi connectivity index (χ0n) is 15.1. The lowest BCUT2D eigenvalue weighted by molar-refractivity contribution is 0.0408. The fraction of sp³-hybridized carbons (Fsp3) is 0.529. The van der Waals surface area contributed by atoms with Crippen molar-refractivity contribution in [2.24, 2.45) is 0 Å². The molecule has 0 saturated carbocycles. The third kappa shape index (κ3) is 6.22. The van der Waals surface area contributed by atoms with Gasteiger partial charge in [0.1, 0.15) is 11.4 Å². The van der Waals surface area contributed by atoms with E-state index in [0.29, 0.717) is 0 Å². The molecule has 8 heteroatoms. The molecule has 0 aliphatic heterocycles. The van der Waals surface area contributed by atoms with Gasteiger partial charge in [-0.25, -0.2) is 14.0 Å². The standard InChI is InChI=1S/C17H25FN2O5/c1-6-24-14(22)19-11-7-8-13(18)12(9-11)17(5,10-21)20-15(23)25-16(2,3)4/h7-9,21H,6,10H2,1-5H3,(H,19,22)(H,20,23)/t17-/m0/s1. The second kappa shape index (κ2) is 8.15. The maximum atomic E-state index is 14.3. The number of carbonyl (C=O) groups excluding carboxylic acids is 2. The summed E-state index contributed by atoms with van der Waals surface area (Å²) in [4.78, 5) is 23.5. The van der Waals surface area contributed by atoms with E-state index in [1.54, 1.807) is 27.7 Å². The summed E-state index contributed by atoms with van der Waals surface area (Å²) in [5.41, 5.74) is -1.93. The second-order valence-corrected chi connectivity index (χ2v) is 6.66. The van der Waals surface area contributed by atoms with Gasteiger partial charge in [-0.3, -0.25) is 5.32 Å². The molecular formula is C17H25FN2O5. The van der Waals surface area contributed by atoms with Gasteiger partial charge in [-0.15, -0.1) is 0 Å². The first kappa shape index (κ1) is 20.7. The zero-order chi connectivity index (χ0) is 19.3. The minimum Gasteiger partial charge on any atom is -0.450 e. The van der Waals surface area contributed by atoms with Crippen LogP contribution in [0.1, 0.15) is 40.2 Å². The second-order valence-electron chi connectivity index (χ2n) is 6.66. The quantitative estimate of drug-likeness (QED) is 0.753. The van der Waals surface area contributed by atoms with Gasteiger partial charge in [0.05, 0.1) is 18.8 Å². The molecule has 3 N–H and O–H groups in total. The number of nitrogens with one attached hydrogen (secondary N) is 2. The van der Waals surface area contributed by atoms with Crippen molar-refractivity contribution >= 4 is 17.9 Å². The number of amides is 2. The van der Waals surface area contributed by atoms with Crippen molar-refractivity contribution in [3.8, 4) is 0 Å². The minimum atomic E-state index is -1.45. The Balaban J connectivity index is 3.07. The lowest BCUT2D eigenvalue weighted by atomic mass is 9.92. The van der Waals surface area contributed by atoms with Gasteiger partial charge >= 0.3 is 12.2 Å². The van der Waals surface area contributed by atoms with Gasteiger partial charge in [0, 0.05) is 11.3 Å². The van der Waals surface area contributed by atoms with Crippen LogP contribution in [0.15, 0.2) is 18.2 Å². The Morgan fingerprint density at radius 2 is 1.84 bits per heavy atom. The van der Waals surface area contributed by atoms with E-state index < -0.39 is 35.8 Å². The highest BCUT2D eigenvalue weighted by Gasteiger charge is 2.33. The van der Waals surface area contributed by atoms with Crippen LogP contribution in [-0.2, 0) is 15.0 Å². The smallest absolute Gasteiger partial charge is 0.411 e. The Morgan fingerprint density at radius 3 is 2.36 bits per heavy atom. The molecule has 0 bridgehead atoms. The fourth-order valence-corrected chi connectivity index (χ4v) is 2.03. The van der Waals surface area contributed by atoms with Gasteiger partial charge in [0.15, 0.2) is 0 Å². The largest absolute Gasteiger partial charge is 0.450 e. The molecule has 0 aliphatic rings. The van der Waals surface area contributed by atoms with Crippen LogP contribution in [0.25, 0.3) is 0 Å². The van der Waals surface area contributed by atoms with Crippen molar-refractivity contribution in [2.45, 2.75) is 45.8 Å². The van der Waals surface area contributed by atoms with Gasteiger partial charge in [-0.2, -0.15) is 0 Å². The van der Waals surface area contributed by atoms with Gasteiger partial charge in [-0.1, -0.05) is 0 Å². The molecule has 0 unspecified atom stereocenters. The van der Waals surface area contributed by atoms with Crippen LogP contribution in [0.4, 0.5) is 19.7 Å². The summed E-state index contributed by atoms with van der Waals surface area (Å²) in [6.45, 7) is 7.78. The number of aliphatic hydroxyl groups is 1. The van der Waals surface area contributed by atoms with Crippen LogP contribution in [0, 0.1) is 5.82 Å². The minimum absolute atomic E-state index is 0.00448. The highest BCUT2D eigenvalue weighted by atomic mass is 19.1. The topological polar surface area (TPSA) is 96.9 Å². The molecular weight excluding hydrogens is 331 g/mol. The first-order chi connectivity index (χ1) is 11.5. The first-order valence-corrected chi connectivity index (χ1v) is 7.86. The summed E-state index contributed by atoms with van der Waals surface area (Å²) in [6.07, 6.45) is -1.49. The van der Waals surface area contributed by atoms with E-state index >= 15 is 0 Å². The highest BCUT2D eigenvalue weighted by Crippen LogP contribution is 2.27. The van der Waals surface area contributed by atoms with E-state index in [9.17, 15) is 19.1 Å². The summed E-state index contributed by atoms with van der Waals surface area (Å²) >= 11 is 0. The molecule has 25 heavy (non-hydrogen) atoms. The number of anilines is 1. The van der Waals surface area contributed by atoms with E-state index in [4.69, 9.17) is 9.47 Å². The molecule has 0 aromatic heterocycles. The molecule has 0 radical (unpaired) electrons. The number of alkyl carbamates (subject to hydrolysis) is 1. The van der Waals surface area contributed by atoms with Crippen LogP contribution in [-0.4, -0.2) is 36.1 Å². The molecule has 1 aromatic carbocycles. The predicted octanol–water partition coefficient (Wildman–Crippen LogP) is 3.13. The predicted molar refractivity (Wildman–Crippen MR) is 90.9 cm³/mol. The average molecular weight is 356 g/mol. The molecule has 0 spiro atoms. The molecule has 2 amide bonds. The Labute approximate surface area is 146 Å². The van der Waals surface area contributed by atoms with Crippen LogP contribution < -0.4 is 10.6 Å². The monoisotopic (exact) mass is 356 g/mol. The number of carbonyl (C=O) groups is 2. The van der Waals surface area contributed by atoms with Crippen LogP contribution >= 0.6 is 0 Å². The van der Waals surface area contributed by atoms with Gasteiger partial charge < -0.3 is 19.9 Å². The van der Waals surface area contributed by atoms with Crippen molar-refractivity contribution in [1.82, 2.24) is 5.32 Å². The third-order valence-electron chi connectivity index (χ3n) is 3.18. The average Bonchev–Trinajstić information content (AvgIpc) is 2.47. The number of hydrogen-bond acceptors (Lipinski definition) is 5. The van der Waals surface area contributed by atoms with Crippen molar-refractivity contribution in [1.29, 1.82) is 0 Å². The SMILES string of the molecule is CCOC(=O)Nc1ccc(F)c([C@](C)(CO)NC(=O)OC(C)(C)C)c1. The fourth-order valence-electron chi connectivity index (χ4n) is 2.03. The Bertz CT molecular complexity index is 630. The van der Waals surface area contributed by atoms with Crippen molar-refractivity contribution in [2.75, 3.05) is 18.5 Å². The van der Waals surface area contributed by atoms with Gasteiger partial charge in [0.2, 0.25) is 0 Å². The van der Waals surface area contributed by atoms with E-state index in [2.05, 4.69) is 10.6 Å². The lowest BCUT2D eigenvalue weighted by Crippen LogP contribution is -2.48. The number of rotatable bonds is 5. The number of aliphatic hydroxyl groups excluding tert-OH is 1. The molecule has 0 saturated heterocycles. The van der Waals surface area contributed by atoms with Crippen molar-refractivity contribution in [3.05, 3.63) is 29.6 Å². The van der Waals surface area contributed by atoms with E-state index in [-0.39, 0.29) is 17.9 Å². The molecule has 7 nitrogen and oxygen atoms in total. The Hall–Kier alpha value is -2.35. The summed E-state index contributed by atoms with van der Waals surface area (Å²) in [5.74, 6) is -0.651. The van der Waals surface area contributed by atoms with Crippen LogP contribution in [0.3, 0.4) is 0 Å². The molecule has 0 heterocycles. The Morgan fingerprint density at radius 1 is 1.20 bits per heavy atom. The normalized spacial score (nSPS) is 13.6. The lowest BCUT2D eigenvalue weighted by Gasteiger charge is -2.31. The van der Waals surface area contributed by atoms with Crippen molar-refractivity contribution < 1.29 is 28.6 Å². The number of benzene rings is 1. The molecule has 1 atom stereocenters. The van der Waals surface area contributed by atoms with Gasteiger partial charge in [0.25, 0.3) is 0 Å². The highest BCUT2D eigenvalue weighted by molar-refractivity contribution is 5.84. The maximum absolute atomic E-state index is 14.3. The molecule has 0 fully saturated rings. The summed E-state index contributed by atoms with van der Waals surface area (Å²) in [5, 5.41) is 14.6. The number of ether oxygens (including phenoxy) is 2. The zero-order valence-corrected chi connectivity index (χ0v) is 15.1. The van der Waals surface area contributed by atoms with E-state index in [1.165, 1.54) is 19.1 Å². The third-order valence-corrected chi connectivity index (χ3v) is 3.18. The summed E-state index contributed by atoms with van der Waals surface area (Å²) in [7, 11) is 0.